The summed E-state index contributed by atoms with van der Waals surface area (Å²) in [5.74, 6) is 0.730. The smallest absolute Gasteiger partial charge is 0.335 e. The van der Waals surface area contributed by atoms with Crippen LogP contribution in [0, 0.1) is 0 Å². The topological polar surface area (TPSA) is 64.3 Å². The van der Waals surface area contributed by atoms with E-state index in [2.05, 4.69) is 4.57 Å². The van der Waals surface area contributed by atoms with Crippen LogP contribution >= 0.6 is 0 Å². The van der Waals surface area contributed by atoms with Crippen molar-refractivity contribution in [1.82, 2.24) is 9.55 Å². The maximum atomic E-state index is 11.1. The predicted octanol–water partition coefficient (Wildman–Crippen LogP) is 2.79. The van der Waals surface area contributed by atoms with Gasteiger partial charge in [-0.2, -0.15) is 0 Å². The number of aromatic nitrogens is 2. The summed E-state index contributed by atoms with van der Waals surface area (Å²) in [6, 6.07) is 5.22. The third-order valence-electron chi connectivity index (χ3n) is 4.38. The highest BCUT2D eigenvalue weighted by Crippen LogP contribution is 2.41. The molecule has 110 valence electrons. The molecule has 5 heteroatoms. The molecule has 2 aliphatic rings. The first kappa shape index (κ1) is 12.8. The van der Waals surface area contributed by atoms with E-state index in [4.69, 9.17) is 14.8 Å². The molecule has 1 aliphatic carbocycles. The van der Waals surface area contributed by atoms with Gasteiger partial charge in [0, 0.05) is 12.5 Å². The van der Waals surface area contributed by atoms with Gasteiger partial charge in [-0.15, -0.1) is 0 Å². The normalized spacial score (nSPS) is 22.0. The Morgan fingerprint density at radius 1 is 1.38 bits per heavy atom. The average Bonchev–Trinajstić information content (AvgIpc) is 3.07. The zero-order chi connectivity index (χ0) is 14.4. The number of carbonyl (C=O) groups is 1. The molecule has 1 saturated heterocycles. The summed E-state index contributed by atoms with van der Waals surface area (Å²) in [5.41, 5.74) is 2.11. The maximum absolute atomic E-state index is 11.1. The Bertz CT molecular complexity index is 697. The molecule has 4 rings (SSSR count). The zero-order valence-corrected chi connectivity index (χ0v) is 11.8. The van der Waals surface area contributed by atoms with E-state index < -0.39 is 5.97 Å². The van der Waals surface area contributed by atoms with Gasteiger partial charge in [-0.3, -0.25) is 0 Å². The zero-order valence-electron chi connectivity index (χ0n) is 11.8. The number of hydrogen-bond acceptors (Lipinski definition) is 3. The SMILES string of the molecule is O=C(O)c1ccc2c(c1)nc(C1CC1)n2CC1CCCO1. The summed E-state index contributed by atoms with van der Waals surface area (Å²) in [6.45, 7) is 1.67. The molecule has 1 saturated carbocycles. The van der Waals surface area contributed by atoms with E-state index in [9.17, 15) is 4.79 Å². The molecule has 1 unspecified atom stereocenters. The van der Waals surface area contributed by atoms with E-state index >= 15 is 0 Å². The van der Waals surface area contributed by atoms with Crippen LogP contribution in [0.1, 0.15) is 47.8 Å². The second-order valence-corrected chi connectivity index (χ2v) is 6.00. The Hall–Kier alpha value is -1.88. The summed E-state index contributed by atoms with van der Waals surface area (Å²) >= 11 is 0. The van der Waals surface area contributed by atoms with E-state index in [0.717, 1.165) is 42.9 Å². The van der Waals surface area contributed by atoms with Crippen molar-refractivity contribution >= 4 is 17.0 Å². The lowest BCUT2D eigenvalue weighted by Gasteiger charge is -2.14. The number of ether oxygens (including phenoxy) is 1. The molecule has 0 amide bonds. The number of rotatable bonds is 4. The van der Waals surface area contributed by atoms with Crippen molar-refractivity contribution in [2.75, 3.05) is 6.61 Å². The number of nitrogens with zero attached hydrogens (tertiary/aromatic N) is 2. The summed E-state index contributed by atoms with van der Waals surface area (Å²) in [6.07, 6.45) is 4.84. The molecule has 0 bridgehead atoms. The van der Waals surface area contributed by atoms with Crippen LogP contribution in [0.5, 0.6) is 0 Å². The van der Waals surface area contributed by atoms with E-state index in [1.54, 1.807) is 12.1 Å². The van der Waals surface area contributed by atoms with Crippen LogP contribution in [-0.4, -0.2) is 33.3 Å². The van der Waals surface area contributed by atoms with Gasteiger partial charge in [0.15, 0.2) is 0 Å². The van der Waals surface area contributed by atoms with Crippen molar-refractivity contribution in [3.8, 4) is 0 Å². The maximum Gasteiger partial charge on any atom is 0.335 e. The number of imidazole rings is 1. The molecule has 2 fully saturated rings. The largest absolute Gasteiger partial charge is 0.478 e. The predicted molar refractivity (Wildman–Crippen MR) is 77.6 cm³/mol. The van der Waals surface area contributed by atoms with Gasteiger partial charge in [-0.25, -0.2) is 9.78 Å². The van der Waals surface area contributed by atoms with Crippen molar-refractivity contribution in [3.05, 3.63) is 29.6 Å². The van der Waals surface area contributed by atoms with Crippen LogP contribution < -0.4 is 0 Å². The third-order valence-corrected chi connectivity index (χ3v) is 4.38. The monoisotopic (exact) mass is 286 g/mol. The van der Waals surface area contributed by atoms with Gasteiger partial charge in [0.1, 0.15) is 5.82 Å². The fourth-order valence-electron chi connectivity index (χ4n) is 3.12. The van der Waals surface area contributed by atoms with Crippen molar-refractivity contribution in [3.63, 3.8) is 0 Å². The highest BCUT2D eigenvalue weighted by molar-refractivity contribution is 5.92. The lowest BCUT2D eigenvalue weighted by molar-refractivity contribution is 0.0697. The van der Waals surface area contributed by atoms with Gasteiger partial charge in [0.05, 0.1) is 29.2 Å². The molecular weight excluding hydrogens is 268 g/mol. The summed E-state index contributed by atoms with van der Waals surface area (Å²) < 4.78 is 7.99. The quantitative estimate of drug-likeness (QED) is 0.938. The van der Waals surface area contributed by atoms with Crippen molar-refractivity contribution in [1.29, 1.82) is 0 Å². The van der Waals surface area contributed by atoms with E-state index in [1.807, 2.05) is 6.07 Å². The molecule has 1 aliphatic heterocycles. The number of hydrogen-bond donors (Lipinski definition) is 1. The Morgan fingerprint density at radius 3 is 2.90 bits per heavy atom. The third kappa shape index (κ3) is 2.31. The van der Waals surface area contributed by atoms with Gasteiger partial charge in [-0.05, 0) is 43.9 Å². The van der Waals surface area contributed by atoms with Crippen LogP contribution in [0.3, 0.4) is 0 Å². The number of benzene rings is 1. The van der Waals surface area contributed by atoms with Gasteiger partial charge < -0.3 is 14.4 Å². The first-order valence-electron chi connectivity index (χ1n) is 7.57. The molecule has 1 aromatic carbocycles. The Kier molecular flexibility index (Phi) is 2.96. The lowest BCUT2D eigenvalue weighted by Crippen LogP contribution is -2.16. The lowest BCUT2D eigenvalue weighted by atomic mass is 10.2. The van der Waals surface area contributed by atoms with Crippen molar-refractivity contribution in [2.45, 2.75) is 44.2 Å². The van der Waals surface area contributed by atoms with Crippen LogP contribution in [0.4, 0.5) is 0 Å². The second-order valence-electron chi connectivity index (χ2n) is 6.00. The Morgan fingerprint density at radius 2 is 2.24 bits per heavy atom. The summed E-state index contributed by atoms with van der Waals surface area (Å²) in [4.78, 5) is 15.8. The molecule has 1 atom stereocenters. The number of aromatic carboxylic acids is 1. The summed E-state index contributed by atoms with van der Waals surface area (Å²) in [5, 5.41) is 9.12. The first-order chi connectivity index (χ1) is 10.2. The number of fused-ring (bicyclic) bond motifs is 1. The van der Waals surface area contributed by atoms with E-state index in [-0.39, 0.29) is 6.10 Å². The summed E-state index contributed by atoms with van der Waals surface area (Å²) in [7, 11) is 0. The molecular formula is C16H18N2O3. The first-order valence-corrected chi connectivity index (χ1v) is 7.57. The van der Waals surface area contributed by atoms with Crippen LogP contribution in [0.25, 0.3) is 11.0 Å². The molecule has 0 radical (unpaired) electrons. The van der Waals surface area contributed by atoms with E-state index in [0.29, 0.717) is 11.5 Å². The Labute approximate surface area is 122 Å². The molecule has 0 spiro atoms. The fraction of sp³-hybridized carbons (Fsp3) is 0.500. The highest BCUT2D eigenvalue weighted by Gasteiger charge is 2.31. The second kappa shape index (κ2) is 4.84. The van der Waals surface area contributed by atoms with Crippen LogP contribution in [0.15, 0.2) is 18.2 Å². The van der Waals surface area contributed by atoms with Crippen molar-refractivity contribution in [2.24, 2.45) is 0 Å². The molecule has 21 heavy (non-hydrogen) atoms. The minimum atomic E-state index is -0.904. The van der Waals surface area contributed by atoms with Crippen LogP contribution in [0.2, 0.25) is 0 Å². The van der Waals surface area contributed by atoms with Crippen molar-refractivity contribution < 1.29 is 14.6 Å². The standard InChI is InChI=1S/C16H18N2O3/c19-16(20)11-5-6-14-13(8-11)17-15(10-3-4-10)18(14)9-12-2-1-7-21-12/h5-6,8,10,12H,1-4,7,9H2,(H,19,20). The molecule has 1 N–H and O–H groups in total. The molecule has 5 nitrogen and oxygen atoms in total. The fourth-order valence-corrected chi connectivity index (χ4v) is 3.12. The molecule has 2 heterocycles. The minimum absolute atomic E-state index is 0.263. The molecule has 1 aromatic heterocycles. The van der Waals surface area contributed by atoms with Gasteiger partial charge in [0.2, 0.25) is 0 Å². The highest BCUT2D eigenvalue weighted by atomic mass is 16.5. The average molecular weight is 286 g/mol. The molecule has 2 aromatic rings. The number of carboxylic acid groups (broad SMARTS) is 1. The minimum Gasteiger partial charge on any atom is -0.478 e. The number of carboxylic acids is 1. The van der Waals surface area contributed by atoms with E-state index in [1.165, 1.54) is 12.8 Å². The van der Waals surface area contributed by atoms with Gasteiger partial charge in [0.25, 0.3) is 0 Å². The van der Waals surface area contributed by atoms with Crippen LogP contribution in [-0.2, 0) is 11.3 Å². The Balaban J connectivity index is 1.78. The van der Waals surface area contributed by atoms with Gasteiger partial charge in [-0.1, -0.05) is 0 Å². The van der Waals surface area contributed by atoms with Gasteiger partial charge >= 0.3 is 5.97 Å².